The van der Waals surface area contributed by atoms with Gasteiger partial charge in [-0.25, -0.2) is 0 Å². The Hall–Kier alpha value is -0.190. The molecule has 0 unspecified atom stereocenters. The molecule has 1 aliphatic heterocycles. The molecule has 1 saturated carbocycles. The summed E-state index contributed by atoms with van der Waals surface area (Å²) in [6.45, 7) is 0. The number of fused-ring (bicyclic) bond motifs is 1. The second kappa shape index (κ2) is 2.21. The van der Waals surface area contributed by atoms with Gasteiger partial charge in [-0.15, -0.1) is 18.8 Å². The highest BCUT2D eigenvalue weighted by molar-refractivity contribution is 5.85. The second-order valence-electron chi connectivity index (χ2n) is 2.72. The van der Waals surface area contributed by atoms with Crippen molar-refractivity contribution in [1.82, 2.24) is 5.32 Å². The average molecular weight is 144 g/mol. The molecule has 0 aromatic rings. The highest BCUT2D eigenvalue weighted by Gasteiger charge is 2.44. The van der Waals surface area contributed by atoms with Crippen LogP contribution in [0.1, 0.15) is 12.8 Å². The lowest BCUT2D eigenvalue weighted by Gasteiger charge is -2.01. The lowest BCUT2D eigenvalue weighted by molar-refractivity contribution is 0.649. The molecule has 2 fully saturated rings. The molecule has 1 aliphatic carbocycles. The van der Waals surface area contributed by atoms with Crippen molar-refractivity contribution in [1.29, 1.82) is 0 Å². The Balaban J connectivity index is 0.000000405. The van der Waals surface area contributed by atoms with Gasteiger partial charge in [-0.05, 0) is 18.8 Å². The van der Waals surface area contributed by atoms with Gasteiger partial charge < -0.3 is 5.32 Å². The van der Waals surface area contributed by atoms with Crippen molar-refractivity contribution >= 4 is 12.4 Å². The van der Waals surface area contributed by atoms with Crippen LogP contribution in [0.15, 0.2) is 0 Å². The van der Waals surface area contributed by atoms with E-state index in [4.69, 9.17) is 6.42 Å². The van der Waals surface area contributed by atoms with Crippen LogP contribution in [-0.4, -0.2) is 12.1 Å². The minimum atomic E-state index is 0. The largest absolute Gasteiger partial charge is 0.301 e. The van der Waals surface area contributed by atoms with Crippen LogP contribution in [-0.2, 0) is 0 Å². The third-order valence-corrected chi connectivity index (χ3v) is 2.08. The summed E-state index contributed by atoms with van der Waals surface area (Å²) in [4.78, 5) is 0. The fourth-order valence-electron chi connectivity index (χ4n) is 1.46. The van der Waals surface area contributed by atoms with E-state index in [9.17, 15) is 0 Å². The lowest BCUT2D eigenvalue weighted by Crippen LogP contribution is -2.23. The highest BCUT2D eigenvalue weighted by Crippen LogP contribution is 2.40. The molecular formula is C7H10ClN. The van der Waals surface area contributed by atoms with Crippen molar-refractivity contribution in [3.8, 4) is 12.3 Å². The number of hydrogen-bond donors (Lipinski definition) is 1. The van der Waals surface area contributed by atoms with Crippen molar-refractivity contribution in [2.24, 2.45) is 5.92 Å². The number of hydrogen-bond acceptors (Lipinski definition) is 1. The molecule has 1 saturated heterocycles. The first-order valence-electron chi connectivity index (χ1n) is 3.12. The molecule has 0 amide bonds. The Morgan fingerprint density at radius 3 is 2.56 bits per heavy atom. The van der Waals surface area contributed by atoms with Gasteiger partial charge in [0, 0.05) is 6.04 Å². The molecule has 1 heterocycles. The number of rotatable bonds is 0. The molecule has 9 heavy (non-hydrogen) atoms. The zero-order valence-corrected chi connectivity index (χ0v) is 5.95. The molecule has 2 aliphatic rings. The first-order chi connectivity index (χ1) is 3.90. The molecule has 2 rings (SSSR count). The van der Waals surface area contributed by atoms with E-state index in [1.54, 1.807) is 0 Å². The van der Waals surface area contributed by atoms with Gasteiger partial charge in [0.05, 0.1) is 6.04 Å². The van der Waals surface area contributed by atoms with Crippen LogP contribution in [0.25, 0.3) is 0 Å². The number of terminal acetylenes is 1. The van der Waals surface area contributed by atoms with Gasteiger partial charge in [-0.2, -0.15) is 0 Å². The Morgan fingerprint density at radius 2 is 2.22 bits per heavy atom. The van der Waals surface area contributed by atoms with Gasteiger partial charge >= 0.3 is 0 Å². The minimum absolute atomic E-state index is 0. The van der Waals surface area contributed by atoms with Crippen LogP contribution in [0, 0.1) is 18.3 Å². The standard InChI is InChI=1S/C7H9N.ClH/c1-2-6-3-5-4-7(5)8-6;/h1,5-8H,3-4H2;1H/t5-,6-,7+;/m0./s1. The number of piperidine rings is 1. The van der Waals surface area contributed by atoms with E-state index in [-0.39, 0.29) is 12.4 Å². The zero-order valence-electron chi connectivity index (χ0n) is 5.13. The smallest absolute Gasteiger partial charge is 0.0692 e. The zero-order chi connectivity index (χ0) is 5.56. The van der Waals surface area contributed by atoms with Gasteiger partial charge in [0.15, 0.2) is 0 Å². The summed E-state index contributed by atoms with van der Waals surface area (Å²) in [6, 6.07) is 1.20. The van der Waals surface area contributed by atoms with Gasteiger partial charge in [-0.1, -0.05) is 5.92 Å². The summed E-state index contributed by atoms with van der Waals surface area (Å²) >= 11 is 0. The summed E-state index contributed by atoms with van der Waals surface area (Å²) in [7, 11) is 0. The molecule has 0 spiro atoms. The van der Waals surface area contributed by atoms with E-state index in [1.165, 1.54) is 12.8 Å². The van der Waals surface area contributed by atoms with Crippen molar-refractivity contribution in [2.45, 2.75) is 24.9 Å². The third-order valence-electron chi connectivity index (χ3n) is 2.08. The first kappa shape index (κ1) is 6.92. The molecule has 1 N–H and O–H groups in total. The average Bonchev–Trinajstić information content (AvgIpc) is 2.40. The summed E-state index contributed by atoms with van der Waals surface area (Å²) in [5, 5.41) is 3.34. The van der Waals surface area contributed by atoms with Gasteiger partial charge in [-0.3, -0.25) is 0 Å². The van der Waals surface area contributed by atoms with Crippen molar-refractivity contribution in [3.05, 3.63) is 0 Å². The Bertz CT molecular complexity index is 139. The number of nitrogens with one attached hydrogen (secondary N) is 1. The molecule has 1 nitrogen and oxygen atoms in total. The fraction of sp³-hybridized carbons (Fsp3) is 0.714. The highest BCUT2D eigenvalue weighted by atomic mass is 35.5. The lowest BCUT2D eigenvalue weighted by atomic mass is 10.2. The molecule has 0 bridgehead atoms. The van der Waals surface area contributed by atoms with Crippen LogP contribution >= 0.6 is 12.4 Å². The van der Waals surface area contributed by atoms with Crippen molar-refractivity contribution in [2.75, 3.05) is 0 Å². The van der Waals surface area contributed by atoms with Gasteiger partial charge in [0.1, 0.15) is 0 Å². The molecule has 3 atom stereocenters. The molecule has 0 radical (unpaired) electrons. The van der Waals surface area contributed by atoms with E-state index in [2.05, 4.69) is 11.2 Å². The van der Waals surface area contributed by atoms with Gasteiger partial charge in [0.2, 0.25) is 0 Å². The molecule has 50 valence electrons. The van der Waals surface area contributed by atoms with E-state index in [0.717, 1.165) is 12.0 Å². The molecule has 0 aromatic carbocycles. The van der Waals surface area contributed by atoms with Crippen molar-refractivity contribution < 1.29 is 0 Å². The fourth-order valence-corrected chi connectivity index (χ4v) is 1.46. The predicted molar refractivity (Wildman–Crippen MR) is 39.5 cm³/mol. The van der Waals surface area contributed by atoms with E-state index in [1.807, 2.05) is 0 Å². The maximum absolute atomic E-state index is 5.20. The maximum Gasteiger partial charge on any atom is 0.0692 e. The first-order valence-corrected chi connectivity index (χ1v) is 3.12. The summed E-state index contributed by atoms with van der Waals surface area (Å²) in [6.07, 6.45) is 7.80. The van der Waals surface area contributed by atoms with E-state index < -0.39 is 0 Å². The number of halogens is 1. The normalized spacial score (nSPS) is 44.6. The van der Waals surface area contributed by atoms with E-state index >= 15 is 0 Å². The van der Waals surface area contributed by atoms with Crippen LogP contribution in [0.2, 0.25) is 0 Å². The van der Waals surface area contributed by atoms with Crippen LogP contribution in [0.4, 0.5) is 0 Å². The molecular weight excluding hydrogens is 134 g/mol. The quantitative estimate of drug-likeness (QED) is 0.495. The summed E-state index contributed by atoms with van der Waals surface area (Å²) in [5.74, 6) is 3.65. The summed E-state index contributed by atoms with van der Waals surface area (Å²) < 4.78 is 0. The predicted octanol–water partition coefficient (Wildman–Crippen LogP) is 0.792. The van der Waals surface area contributed by atoms with Gasteiger partial charge in [0.25, 0.3) is 0 Å². The topological polar surface area (TPSA) is 12.0 Å². The Labute approximate surface area is 61.6 Å². The Kier molecular flexibility index (Phi) is 1.70. The monoisotopic (exact) mass is 143 g/mol. The third kappa shape index (κ3) is 1.05. The van der Waals surface area contributed by atoms with E-state index in [0.29, 0.717) is 6.04 Å². The van der Waals surface area contributed by atoms with Crippen molar-refractivity contribution in [3.63, 3.8) is 0 Å². The minimum Gasteiger partial charge on any atom is -0.301 e. The maximum atomic E-state index is 5.20. The van der Waals surface area contributed by atoms with Crippen LogP contribution < -0.4 is 5.32 Å². The second-order valence-corrected chi connectivity index (χ2v) is 2.72. The Morgan fingerprint density at radius 1 is 1.44 bits per heavy atom. The van der Waals surface area contributed by atoms with Crippen LogP contribution in [0.3, 0.4) is 0 Å². The van der Waals surface area contributed by atoms with Crippen LogP contribution in [0.5, 0.6) is 0 Å². The summed E-state index contributed by atoms with van der Waals surface area (Å²) in [5.41, 5.74) is 0. The molecule has 0 aromatic heterocycles. The SMILES string of the molecule is C#C[C@H]1C[C@H]2C[C@H]2N1.Cl. The molecule has 2 heteroatoms.